The molecule has 108 valence electrons. The summed E-state index contributed by atoms with van der Waals surface area (Å²) in [7, 11) is -3.89. The van der Waals surface area contributed by atoms with Crippen LogP contribution >= 0.6 is 31.9 Å². The van der Waals surface area contributed by atoms with Crippen LogP contribution in [0.2, 0.25) is 0 Å². The lowest BCUT2D eigenvalue weighted by Gasteiger charge is -2.07. The third-order valence-corrected chi connectivity index (χ3v) is 5.25. The van der Waals surface area contributed by atoms with Crippen LogP contribution in [0.15, 0.2) is 42.7 Å². The van der Waals surface area contributed by atoms with Crippen LogP contribution in [0.3, 0.4) is 0 Å². The van der Waals surface area contributed by atoms with Crippen LogP contribution in [0.5, 0.6) is 0 Å². The normalized spacial score (nSPS) is 11.6. The minimum Gasteiger partial charge on any atom is -0.452 e. The van der Waals surface area contributed by atoms with Gasteiger partial charge in [0.05, 0.1) is 16.7 Å². The molecule has 0 amide bonds. The van der Waals surface area contributed by atoms with Crippen molar-refractivity contribution in [3.8, 4) is 0 Å². The van der Waals surface area contributed by atoms with E-state index < -0.39 is 15.8 Å². The van der Waals surface area contributed by atoms with Crippen molar-refractivity contribution < 1.29 is 17.2 Å². The molecule has 1 heterocycles. The minimum atomic E-state index is -3.89. The molecule has 3 N–H and O–H groups in total. The maximum absolute atomic E-state index is 13.4. The highest BCUT2D eigenvalue weighted by Gasteiger charge is 2.22. The first-order valence-corrected chi connectivity index (χ1v) is 8.36. The maximum atomic E-state index is 13.4. The molecule has 0 bridgehead atoms. The van der Waals surface area contributed by atoms with Crippen LogP contribution in [0.25, 0.3) is 0 Å². The van der Waals surface area contributed by atoms with Gasteiger partial charge in [-0.25, -0.2) is 12.8 Å². The third-order valence-electron chi connectivity index (χ3n) is 2.37. The average Bonchev–Trinajstić information content (AvgIpc) is 2.76. The number of rotatable bonds is 4. The summed E-state index contributed by atoms with van der Waals surface area (Å²) in [5.74, 6) is -0.252. The fourth-order valence-electron chi connectivity index (χ4n) is 1.45. The smallest absolute Gasteiger partial charge is 0.266 e. The van der Waals surface area contributed by atoms with E-state index in [9.17, 15) is 12.8 Å². The van der Waals surface area contributed by atoms with Crippen molar-refractivity contribution in [2.24, 2.45) is 5.73 Å². The molecule has 9 heteroatoms. The molecule has 0 aliphatic carbocycles. The molecule has 5 nitrogen and oxygen atoms in total. The van der Waals surface area contributed by atoms with Gasteiger partial charge in [-0.15, -0.1) is 0 Å². The molecule has 0 saturated carbocycles. The highest BCUT2D eigenvalue weighted by atomic mass is 79.9. The summed E-state index contributed by atoms with van der Waals surface area (Å²) >= 11 is 6.00. The second kappa shape index (κ2) is 5.84. The summed E-state index contributed by atoms with van der Waals surface area (Å²) in [6.07, 6.45) is 0. The van der Waals surface area contributed by atoms with Gasteiger partial charge in [0.2, 0.25) is 0 Å². The average molecular weight is 428 g/mol. The molecular weight excluding hydrogens is 419 g/mol. The first-order chi connectivity index (χ1) is 9.33. The topological polar surface area (TPSA) is 85.3 Å². The van der Waals surface area contributed by atoms with Crippen molar-refractivity contribution in [1.82, 2.24) is 0 Å². The highest BCUT2D eigenvalue weighted by molar-refractivity contribution is 9.10. The van der Waals surface area contributed by atoms with Crippen LogP contribution in [-0.4, -0.2) is 8.42 Å². The number of anilines is 1. The number of sulfonamides is 1. The van der Waals surface area contributed by atoms with Gasteiger partial charge in [0, 0.05) is 6.07 Å². The Morgan fingerprint density at radius 2 is 2.00 bits per heavy atom. The lowest BCUT2D eigenvalue weighted by Crippen LogP contribution is -2.12. The molecule has 0 unspecified atom stereocenters. The van der Waals surface area contributed by atoms with Crippen LogP contribution in [0, 0.1) is 5.82 Å². The number of furan rings is 1. The van der Waals surface area contributed by atoms with Crippen molar-refractivity contribution in [1.29, 1.82) is 0 Å². The number of hydrogen-bond donors (Lipinski definition) is 2. The van der Waals surface area contributed by atoms with Crippen molar-refractivity contribution in [3.05, 3.63) is 45.0 Å². The number of benzene rings is 1. The molecule has 0 radical (unpaired) electrons. The number of hydrogen-bond acceptors (Lipinski definition) is 4. The monoisotopic (exact) mass is 426 g/mol. The highest BCUT2D eigenvalue weighted by Crippen LogP contribution is 2.28. The zero-order valence-corrected chi connectivity index (χ0v) is 13.8. The number of nitrogens with two attached hydrogens (primary N) is 1. The van der Waals surface area contributed by atoms with Gasteiger partial charge in [-0.1, -0.05) is 0 Å². The van der Waals surface area contributed by atoms with E-state index in [0.717, 1.165) is 6.07 Å². The Morgan fingerprint density at radius 1 is 1.30 bits per heavy atom. The number of nitrogens with one attached hydrogen (secondary N) is 1. The van der Waals surface area contributed by atoms with E-state index >= 15 is 0 Å². The van der Waals surface area contributed by atoms with Gasteiger partial charge in [0.15, 0.2) is 4.67 Å². The Labute approximate surface area is 131 Å². The lowest BCUT2D eigenvalue weighted by atomic mass is 10.3. The van der Waals surface area contributed by atoms with Gasteiger partial charge in [-0.3, -0.25) is 4.72 Å². The van der Waals surface area contributed by atoms with Gasteiger partial charge in [0.25, 0.3) is 10.0 Å². The first-order valence-electron chi connectivity index (χ1n) is 5.29. The van der Waals surface area contributed by atoms with Crippen LogP contribution < -0.4 is 10.5 Å². The second-order valence-corrected chi connectivity index (χ2v) is 7.01. The lowest BCUT2D eigenvalue weighted by molar-refractivity contribution is 0.484. The van der Waals surface area contributed by atoms with E-state index in [1.807, 2.05) is 0 Å². The fraction of sp³-hybridized carbons (Fsp3) is 0.0909. The second-order valence-electron chi connectivity index (χ2n) is 3.79. The predicted octanol–water partition coefficient (Wildman–Crippen LogP) is 3.20. The maximum Gasteiger partial charge on any atom is 0.266 e. The van der Waals surface area contributed by atoms with E-state index in [2.05, 4.69) is 36.6 Å². The Hall–Kier alpha value is -0.900. The van der Waals surface area contributed by atoms with E-state index in [0.29, 0.717) is 5.76 Å². The summed E-state index contributed by atoms with van der Waals surface area (Å²) < 4.78 is 45.4. The minimum absolute atomic E-state index is 0.0445. The summed E-state index contributed by atoms with van der Waals surface area (Å²) in [5, 5.41) is 0. The molecule has 0 aliphatic heterocycles. The third kappa shape index (κ3) is 3.22. The first kappa shape index (κ1) is 15.5. The largest absolute Gasteiger partial charge is 0.452 e. The van der Waals surface area contributed by atoms with Crippen molar-refractivity contribution in [2.45, 2.75) is 11.4 Å². The van der Waals surface area contributed by atoms with Crippen LogP contribution in [-0.2, 0) is 16.6 Å². The molecule has 0 saturated heterocycles. The van der Waals surface area contributed by atoms with Gasteiger partial charge in [0.1, 0.15) is 16.5 Å². The predicted molar refractivity (Wildman–Crippen MR) is 79.2 cm³/mol. The molecule has 2 aromatic rings. The van der Waals surface area contributed by atoms with Crippen molar-refractivity contribution in [3.63, 3.8) is 0 Å². The summed E-state index contributed by atoms with van der Waals surface area (Å²) in [6, 6.07) is 5.21. The van der Waals surface area contributed by atoms with E-state index in [1.54, 1.807) is 0 Å². The molecule has 1 aromatic carbocycles. The molecule has 1 aromatic heterocycles. The van der Waals surface area contributed by atoms with Gasteiger partial charge < -0.3 is 10.2 Å². The van der Waals surface area contributed by atoms with Gasteiger partial charge in [-0.05, 0) is 50.1 Å². The van der Waals surface area contributed by atoms with Gasteiger partial charge >= 0.3 is 0 Å². The summed E-state index contributed by atoms with van der Waals surface area (Å²) in [5.41, 5.74) is 5.48. The van der Waals surface area contributed by atoms with E-state index in [1.165, 1.54) is 18.2 Å². The van der Waals surface area contributed by atoms with Crippen molar-refractivity contribution in [2.75, 3.05) is 4.72 Å². The van der Waals surface area contributed by atoms with Crippen LogP contribution in [0.4, 0.5) is 10.1 Å². The molecule has 0 spiro atoms. The molecule has 0 aliphatic rings. The summed E-state index contributed by atoms with van der Waals surface area (Å²) in [6.45, 7) is 0.0705. The zero-order chi connectivity index (χ0) is 14.9. The summed E-state index contributed by atoms with van der Waals surface area (Å²) in [4.78, 5) is -0.0960. The molecule has 2 rings (SSSR count). The molecule has 0 atom stereocenters. The van der Waals surface area contributed by atoms with Gasteiger partial charge in [-0.2, -0.15) is 0 Å². The SMILES string of the molecule is NCc1cc(S(=O)(=O)Nc2ccc(Br)c(F)c2)c(Br)o1. The zero-order valence-electron chi connectivity index (χ0n) is 9.86. The molecule has 20 heavy (non-hydrogen) atoms. The Bertz CT molecular complexity index is 746. The van der Waals surface area contributed by atoms with E-state index in [4.69, 9.17) is 10.2 Å². The van der Waals surface area contributed by atoms with Crippen molar-refractivity contribution >= 4 is 47.6 Å². The Balaban J connectivity index is 2.35. The van der Waals surface area contributed by atoms with Crippen LogP contribution in [0.1, 0.15) is 5.76 Å². The molecule has 0 fully saturated rings. The number of halogens is 3. The standard InChI is InChI=1S/C11H9Br2FN2O3S/c12-8-2-1-6(3-9(8)14)16-20(17,18)10-4-7(5-15)19-11(10)13/h1-4,16H,5,15H2. The Kier molecular flexibility index (Phi) is 4.52. The fourth-order valence-corrected chi connectivity index (χ4v) is 3.75. The molecular formula is C11H9Br2FN2O3S. The van der Waals surface area contributed by atoms with E-state index in [-0.39, 0.29) is 26.3 Å². The quantitative estimate of drug-likeness (QED) is 0.784. The Morgan fingerprint density at radius 3 is 2.55 bits per heavy atom.